The molecule has 1 aromatic carbocycles. The summed E-state index contributed by atoms with van der Waals surface area (Å²) in [5.74, 6) is 0.301. The number of nitrogens with zero attached hydrogens (tertiary/aromatic N) is 2. The van der Waals surface area contributed by atoms with Crippen molar-refractivity contribution in [2.24, 2.45) is 0 Å². The maximum Gasteiger partial charge on any atom is 0.242 e. The molecule has 0 spiro atoms. The van der Waals surface area contributed by atoms with E-state index < -0.39 is 5.82 Å². The number of rotatable bonds is 4. The van der Waals surface area contributed by atoms with Gasteiger partial charge >= 0.3 is 0 Å². The summed E-state index contributed by atoms with van der Waals surface area (Å²) in [5, 5.41) is 3.09. The number of anilines is 2. The van der Waals surface area contributed by atoms with Crippen LogP contribution in [0.4, 0.5) is 15.9 Å². The van der Waals surface area contributed by atoms with Crippen molar-refractivity contribution in [3.63, 3.8) is 0 Å². The van der Waals surface area contributed by atoms with E-state index in [0.717, 1.165) is 5.56 Å². The van der Waals surface area contributed by atoms with Gasteiger partial charge in [-0.25, -0.2) is 9.37 Å². The van der Waals surface area contributed by atoms with Gasteiger partial charge in [0.1, 0.15) is 17.8 Å². The van der Waals surface area contributed by atoms with Crippen molar-refractivity contribution < 1.29 is 9.13 Å². The highest BCUT2D eigenvalue weighted by Gasteiger charge is 2.08. The molecule has 0 bridgehead atoms. The molecule has 5 nitrogen and oxygen atoms in total. The summed E-state index contributed by atoms with van der Waals surface area (Å²) in [7, 11) is 1.47. The van der Waals surface area contributed by atoms with Crippen LogP contribution in [0.25, 0.3) is 0 Å². The molecule has 0 amide bonds. The minimum atomic E-state index is -0.450. The Kier molecular flexibility index (Phi) is 4.01. The maximum atomic E-state index is 13.0. The van der Waals surface area contributed by atoms with Gasteiger partial charge in [-0.2, -0.15) is 4.98 Å². The topological polar surface area (TPSA) is 73.1 Å². The Morgan fingerprint density at radius 3 is 2.89 bits per heavy atom. The first kappa shape index (κ1) is 13.4. The molecule has 3 N–H and O–H groups in total. The summed E-state index contributed by atoms with van der Waals surface area (Å²) < 4.78 is 18.0. The molecule has 0 saturated heterocycles. The van der Waals surface area contributed by atoms with E-state index in [1.807, 2.05) is 0 Å². The van der Waals surface area contributed by atoms with Crippen LogP contribution in [-0.4, -0.2) is 17.1 Å². The predicted molar refractivity (Wildman–Crippen MR) is 71.7 cm³/mol. The third kappa shape index (κ3) is 3.03. The van der Waals surface area contributed by atoms with Gasteiger partial charge in [-0.1, -0.05) is 17.7 Å². The van der Waals surface area contributed by atoms with Gasteiger partial charge in [-0.15, -0.1) is 0 Å². The smallest absolute Gasteiger partial charge is 0.242 e. The Hall–Kier alpha value is -2.08. The minimum Gasteiger partial charge on any atom is -0.479 e. The molecule has 100 valence electrons. The molecule has 0 aliphatic carbocycles. The Morgan fingerprint density at radius 2 is 2.21 bits per heavy atom. The lowest BCUT2D eigenvalue weighted by Gasteiger charge is -2.10. The first-order valence-corrected chi connectivity index (χ1v) is 5.82. The molecule has 0 saturated carbocycles. The summed E-state index contributed by atoms with van der Waals surface area (Å²) in [6, 6.07) is 4.48. The van der Waals surface area contributed by atoms with E-state index in [1.165, 1.54) is 19.5 Å². The summed E-state index contributed by atoms with van der Waals surface area (Å²) in [5.41, 5.74) is 6.94. The van der Waals surface area contributed by atoms with Crippen LogP contribution in [0.5, 0.6) is 5.88 Å². The van der Waals surface area contributed by atoms with Crippen LogP contribution in [0.15, 0.2) is 24.5 Å². The third-order valence-corrected chi connectivity index (χ3v) is 2.77. The van der Waals surface area contributed by atoms with Gasteiger partial charge in [0.25, 0.3) is 0 Å². The zero-order chi connectivity index (χ0) is 13.8. The molecule has 0 atom stereocenters. The molecule has 7 heteroatoms. The number of benzene rings is 1. The number of nitrogen functional groups attached to an aromatic ring is 1. The second-order valence-electron chi connectivity index (χ2n) is 3.75. The molecule has 2 rings (SSSR count). The van der Waals surface area contributed by atoms with E-state index in [9.17, 15) is 4.39 Å². The van der Waals surface area contributed by atoms with Crippen molar-refractivity contribution in [1.82, 2.24) is 9.97 Å². The maximum absolute atomic E-state index is 13.0. The molecule has 1 heterocycles. The number of nitrogens with two attached hydrogens (primary N) is 1. The molecule has 0 unspecified atom stereocenters. The molecule has 0 fully saturated rings. The van der Waals surface area contributed by atoms with E-state index in [1.54, 1.807) is 12.1 Å². The van der Waals surface area contributed by atoms with E-state index >= 15 is 0 Å². The number of methoxy groups -OCH3 is 1. The predicted octanol–water partition coefficient (Wildman–Crippen LogP) is 2.47. The fraction of sp³-hybridized carbons (Fsp3) is 0.167. The quantitative estimate of drug-likeness (QED) is 0.901. The zero-order valence-electron chi connectivity index (χ0n) is 10.2. The highest BCUT2D eigenvalue weighted by molar-refractivity contribution is 6.30. The van der Waals surface area contributed by atoms with Crippen molar-refractivity contribution in [3.05, 3.63) is 40.9 Å². The lowest BCUT2D eigenvalue weighted by Crippen LogP contribution is -2.07. The standard InChI is InChI=1S/C12H12ClFN4O/c1-19-12-10(15)11(17-6-18-12)16-5-7-2-3-9(14)8(13)4-7/h2-4,6H,5,15H2,1H3,(H,16,17,18). The number of nitrogens with one attached hydrogen (secondary N) is 1. The summed E-state index contributed by atoms with van der Waals surface area (Å²) in [4.78, 5) is 7.88. The second kappa shape index (κ2) is 5.71. The molecule has 1 aromatic heterocycles. The van der Waals surface area contributed by atoms with Crippen LogP contribution >= 0.6 is 11.6 Å². The lowest BCUT2D eigenvalue weighted by molar-refractivity contribution is 0.399. The Labute approximate surface area is 114 Å². The highest BCUT2D eigenvalue weighted by Crippen LogP contribution is 2.24. The van der Waals surface area contributed by atoms with Gasteiger partial charge in [-0.3, -0.25) is 0 Å². The summed E-state index contributed by atoms with van der Waals surface area (Å²) in [6.07, 6.45) is 1.34. The first-order chi connectivity index (χ1) is 9.11. The molecular formula is C12H12ClFN4O. The van der Waals surface area contributed by atoms with Crippen LogP contribution < -0.4 is 15.8 Å². The summed E-state index contributed by atoms with van der Waals surface area (Å²) in [6.45, 7) is 0.407. The fourth-order valence-electron chi connectivity index (χ4n) is 1.52. The van der Waals surface area contributed by atoms with Crippen LogP contribution in [0.1, 0.15) is 5.56 Å². The fourth-order valence-corrected chi connectivity index (χ4v) is 1.72. The van der Waals surface area contributed by atoms with Crippen LogP contribution in [0.2, 0.25) is 5.02 Å². The van der Waals surface area contributed by atoms with Crippen LogP contribution in [0.3, 0.4) is 0 Å². The molecule has 0 aliphatic heterocycles. The average molecular weight is 283 g/mol. The van der Waals surface area contributed by atoms with Gasteiger partial charge in [0.05, 0.1) is 12.1 Å². The van der Waals surface area contributed by atoms with Crippen LogP contribution in [0, 0.1) is 5.82 Å². The average Bonchev–Trinajstić information content (AvgIpc) is 2.41. The molecular weight excluding hydrogens is 271 g/mol. The Bertz CT molecular complexity index is 594. The van der Waals surface area contributed by atoms with Gasteiger partial charge in [0.2, 0.25) is 5.88 Å². The van der Waals surface area contributed by atoms with E-state index in [0.29, 0.717) is 23.9 Å². The first-order valence-electron chi connectivity index (χ1n) is 5.44. The number of hydrogen-bond acceptors (Lipinski definition) is 5. The van der Waals surface area contributed by atoms with Gasteiger partial charge in [0.15, 0.2) is 5.82 Å². The zero-order valence-corrected chi connectivity index (χ0v) is 10.9. The Balaban J connectivity index is 2.12. The number of ether oxygens (including phenoxy) is 1. The lowest BCUT2D eigenvalue weighted by atomic mass is 10.2. The Morgan fingerprint density at radius 1 is 1.42 bits per heavy atom. The van der Waals surface area contributed by atoms with E-state index in [-0.39, 0.29) is 5.02 Å². The van der Waals surface area contributed by atoms with Crippen molar-refractivity contribution in [3.8, 4) is 5.88 Å². The van der Waals surface area contributed by atoms with Crippen molar-refractivity contribution >= 4 is 23.1 Å². The summed E-state index contributed by atoms with van der Waals surface area (Å²) >= 11 is 5.70. The molecule has 0 radical (unpaired) electrons. The largest absolute Gasteiger partial charge is 0.479 e. The van der Waals surface area contributed by atoms with Gasteiger partial charge in [-0.05, 0) is 17.7 Å². The number of halogens is 2. The van der Waals surface area contributed by atoms with E-state index in [4.69, 9.17) is 22.1 Å². The van der Waals surface area contributed by atoms with Gasteiger partial charge < -0.3 is 15.8 Å². The van der Waals surface area contributed by atoms with Gasteiger partial charge in [0, 0.05) is 6.54 Å². The van der Waals surface area contributed by atoms with Crippen molar-refractivity contribution in [1.29, 1.82) is 0 Å². The molecule has 19 heavy (non-hydrogen) atoms. The van der Waals surface area contributed by atoms with Crippen molar-refractivity contribution in [2.45, 2.75) is 6.54 Å². The third-order valence-electron chi connectivity index (χ3n) is 2.48. The van der Waals surface area contributed by atoms with E-state index in [2.05, 4.69) is 15.3 Å². The second-order valence-corrected chi connectivity index (χ2v) is 4.15. The normalized spacial score (nSPS) is 10.3. The monoisotopic (exact) mass is 282 g/mol. The molecule has 0 aliphatic rings. The van der Waals surface area contributed by atoms with Crippen molar-refractivity contribution in [2.75, 3.05) is 18.2 Å². The van der Waals surface area contributed by atoms with Crippen LogP contribution in [-0.2, 0) is 6.54 Å². The highest BCUT2D eigenvalue weighted by atomic mass is 35.5. The molecule has 2 aromatic rings. The minimum absolute atomic E-state index is 0.0764. The number of aromatic nitrogens is 2. The number of hydrogen-bond donors (Lipinski definition) is 2. The SMILES string of the molecule is COc1ncnc(NCc2ccc(F)c(Cl)c2)c1N.